The molecule has 4 aromatic rings. The third-order valence-corrected chi connectivity index (χ3v) is 4.06. The molecule has 1 N–H and O–H groups in total. The van der Waals surface area contributed by atoms with Gasteiger partial charge in [-0.3, -0.25) is 14.5 Å². The number of halogens is 1. The average Bonchev–Trinajstić information content (AvgIpc) is 3.05. The maximum absolute atomic E-state index is 13.0. The first-order valence-electron chi connectivity index (χ1n) is 6.78. The minimum absolute atomic E-state index is 0.190. The van der Waals surface area contributed by atoms with Gasteiger partial charge in [0.15, 0.2) is 0 Å². The van der Waals surface area contributed by atoms with Crippen molar-refractivity contribution in [3.05, 3.63) is 59.0 Å². The van der Waals surface area contributed by atoms with Gasteiger partial charge >= 0.3 is 0 Å². The van der Waals surface area contributed by atoms with Crippen molar-refractivity contribution >= 4 is 39.4 Å². The lowest BCUT2D eigenvalue weighted by Gasteiger charge is -2.06. The van der Waals surface area contributed by atoms with Crippen molar-refractivity contribution in [2.45, 2.75) is 6.92 Å². The van der Waals surface area contributed by atoms with Crippen LogP contribution in [0.1, 0.15) is 16.1 Å². The summed E-state index contributed by atoms with van der Waals surface area (Å²) in [4.78, 5) is 16.9. The molecule has 22 heavy (non-hydrogen) atoms. The second-order valence-electron chi connectivity index (χ2n) is 5.03. The topological polar surface area (TPSA) is 63.6 Å². The van der Waals surface area contributed by atoms with Crippen LogP contribution in [0.25, 0.3) is 21.9 Å². The Hall–Kier alpha value is -2.66. The monoisotopic (exact) mass is 310 g/mol. The summed E-state index contributed by atoms with van der Waals surface area (Å²) in [5.41, 5.74) is 2.71. The van der Waals surface area contributed by atoms with E-state index < -0.39 is 0 Å². The Kier molecular flexibility index (Phi) is 2.77. The van der Waals surface area contributed by atoms with Crippen molar-refractivity contribution in [1.29, 1.82) is 0 Å². The average molecular weight is 311 g/mol. The van der Waals surface area contributed by atoms with Gasteiger partial charge in [0.05, 0.1) is 16.8 Å². The molecule has 108 valence electrons. The van der Waals surface area contributed by atoms with Gasteiger partial charge in [0.2, 0.25) is 0 Å². The number of pyridine rings is 1. The van der Waals surface area contributed by atoms with E-state index in [4.69, 9.17) is 11.6 Å². The highest BCUT2D eigenvalue weighted by atomic mass is 35.5. The smallest absolute Gasteiger partial charge is 0.267 e. The molecule has 0 saturated carbocycles. The molecule has 0 spiro atoms. The molecular formula is C16H11ClN4O. The van der Waals surface area contributed by atoms with Crippen molar-refractivity contribution in [3.8, 4) is 0 Å². The van der Waals surface area contributed by atoms with E-state index in [1.54, 1.807) is 22.9 Å². The van der Waals surface area contributed by atoms with Gasteiger partial charge in [0.25, 0.3) is 5.91 Å². The number of nitrogens with one attached hydrogen (secondary N) is 1. The number of hydrogen-bond acceptors (Lipinski definition) is 3. The lowest BCUT2D eigenvalue weighted by Crippen LogP contribution is -2.13. The number of aromatic amines is 1. The van der Waals surface area contributed by atoms with Crippen LogP contribution in [0.4, 0.5) is 0 Å². The Labute approximate surface area is 130 Å². The molecule has 5 nitrogen and oxygen atoms in total. The predicted octanol–water partition coefficient (Wildman–Crippen LogP) is 3.56. The summed E-state index contributed by atoms with van der Waals surface area (Å²) in [6, 6.07) is 11.1. The fourth-order valence-electron chi connectivity index (χ4n) is 2.78. The summed E-state index contributed by atoms with van der Waals surface area (Å²) >= 11 is 6.07. The third kappa shape index (κ3) is 1.69. The molecule has 0 saturated heterocycles. The van der Waals surface area contributed by atoms with E-state index in [1.807, 2.05) is 31.2 Å². The zero-order valence-electron chi connectivity index (χ0n) is 11.7. The van der Waals surface area contributed by atoms with Crippen molar-refractivity contribution in [2.75, 3.05) is 0 Å². The van der Waals surface area contributed by atoms with Gasteiger partial charge in [0, 0.05) is 17.0 Å². The summed E-state index contributed by atoms with van der Waals surface area (Å²) in [6.45, 7) is 1.91. The molecule has 0 atom stereocenters. The Balaban J connectivity index is 2.09. The number of hydrogen-bond donors (Lipinski definition) is 1. The summed E-state index contributed by atoms with van der Waals surface area (Å²) in [6.07, 6.45) is 1.56. The second-order valence-corrected chi connectivity index (χ2v) is 5.39. The number of carbonyl (C=O) groups excluding carboxylic acids is 1. The summed E-state index contributed by atoms with van der Waals surface area (Å²) in [5.74, 6) is -0.229. The highest BCUT2D eigenvalue weighted by molar-refractivity contribution is 6.33. The van der Waals surface area contributed by atoms with E-state index in [0.29, 0.717) is 11.2 Å². The lowest BCUT2D eigenvalue weighted by atomic mass is 10.2. The van der Waals surface area contributed by atoms with E-state index in [9.17, 15) is 4.79 Å². The Morgan fingerprint density at radius 2 is 2.05 bits per heavy atom. The first-order chi connectivity index (χ1) is 10.7. The first kappa shape index (κ1) is 13.0. The van der Waals surface area contributed by atoms with Crippen LogP contribution >= 0.6 is 11.6 Å². The number of benzene rings is 1. The van der Waals surface area contributed by atoms with E-state index in [-0.39, 0.29) is 11.1 Å². The molecule has 3 heterocycles. The fourth-order valence-corrected chi connectivity index (χ4v) is 2.98. The number of fused-ring (bicyclic) bond motifs is 3. The van der Waals surface area contributed by atoms with Gasteiger partial charge in [-0.15, -0.1) is 0 Å². The highest BCUT2D eigenvalue weighted by Crippen LogP contribution is 2.30. The van der Waals surface area contributed by atoms with Crippen LogP contribution in [0.15, 0.2) is 42.6 Å². The van der Waals surface area contributed by atoms with Crippen molar-refractivity contribution in [3.63, 3.8) is 0 Å². The molecule has 1 aromatic carbocycles. The SMILES string of the molecule is Cc1n[nH]c2c1c1ccccc1n2C(=O)c1cccnc1Cl. The maximum atomic E-state index is 13.0. The zero-order chi connectivity index (χ0) is 15.3. The van der Waals surface area contributed by atoms with Crippen molar-refractivity contribution in [2.24, 2.45) is 0 Å². The number of aryl methyl sites for hydroxylation is 1. The molecule has 0 aliphatic carbocycles. The molecule has 0 fully saturated rings. The van der Waals surface area contributed by atoms with Gasteiger partial charge in [-0.05, 0) is 25.1 Å². The van der Waals surface area contributed by atoms with Crippen LogP contribution < -0.4 is 0 Å². The van der Waals surface area contributed by atoms with Gasteiger partial charge < -0.3 is 0 Å². The summed E-state index contributed by atoms with van der Waals surface area (Å²) in [7, 11) is 0. The molecular weight excluding hydrogens is 300 g/mol. The Morgan fingerprint density at radius 1 is 1.23 bits per heavy atom. The molecule has 0 aliphatic rings. The predicted molar refractivity (Wildman–Crippen MR) is 85.3 cm³/mol. The molecule has 3 aromatic heterocycles. The molecule has 0 aliphatic heterocycles. The molecule has 6 heteroatoms. The largest absolute Gasteiger partial charge is 0.268 e. The van der Waals surface area contributed by atoms with Crippen molar-refractivity contribution < 1.29 is 4.79 Å². The highest BCUT2D eigenvalue weighted by Gasteiger charge is 2.21. The number of nitrogens with zero attached hydrogens (tertiary/aromatic N) is 3. The maximum Gasteiger partial charge on any atom is 0.267 e. The van der Waals surface area contributed by atoms with E-state index in [2.05, 4.69) is 15.2 Å². The van der Waals surface area contributed by atoms with Gasteiger partial charge in [-0.2, -0.15) is 5.10 Å². The number of para-hydroxylation sites is 1. The third-order valence-electron chi connectivity index (χ3n) is 3.76. The molecule has 4 rings (SSSR count). The lowest BCUT2D eigenvalue weighted by molar-refractivity contribution is 0.0968. The minimum atomic E-state index is -0.229. The van der Waals surface area contributed by atoms with Crippen molar-refractivity contribution in [1.82, 2.24) is 19.7 Å². The van der Waals surface area contributed by atoms with Crippen LogP contribution in [0.3, 0.4) is 0 Å². The van der Waals surface area contributed by atoms with E-state index in [0.717, 1.165) is 22.0 Å². The van der Waals surface area contributed by atoms with Crippen LogP contribution in [-0.4, -0.2) is 25.7 Å². The standard InChI is InChI=1S/C16H11ClN4O/c1-9-13-10-5-2-3-7-12(10)21(15(13)20-19-9)16(22)11-6-4-8-18-14(11)17/h2-8H,1H3,(H,19,20). The normalized spacial score (nSPS) is 11.4. The minimum Gasteiger partial charge on any atom is -0.268 e. The molecule has 0 unspecified atom stereocenters. The van der Waals surface area contributed by atoms with Gasteiger partial charge in [0.1, 0.15) is 10.8 Å². The van der Waals surface area contributed by atoms with Crippen LogP contribution in [0, 0.1) is 6.92 Å². The fraction of sp³-hybridized carbons (Fsp3) is 0.0625. The second kappa shape index (κ2) is 4.68. The Bertz CT molecular complexity index is 1030. The van der Waals surface area contributed by atoms with Gasteiger partial charge in [-0.25, -0.2) is 4.98 Å². The molecule has 0 amide bonds. The number of aromatic nitrogens is 4. The van der Waals surface area contributed by atoms with Crippen LogP contribution in [0.5, 0.6) is 0 Å². The zero-order valence-corrected chi connectivity index (χ0v) is 12.4. The number of rotatable bonds is 1. The van der Waals surface area contributed by atoms with E-state index in [1.165, 1.54) is 0 Å². The summed E-state index contributed by atoms with van der Waals surface area (Å²) in [5, 5.41) is 9.28. The first-order valence-corrected chi connectivity index (χ1v) is 7.15. The van der Waals surface area contributed by atoms with Crippen LogP contribution in [0.2, 0.25) is 5.15 Å². The Morgan fingerprint density at radius 3 is 2.86 bits per heavy atom. The van der Waals surface area contributed by atoms with E-state index >= 15 is 0 Å². The molecule has 0 bridgehead atoms. The molecule has 0 radical (unpaired) electrons. The number of carbonyl (C=O) groups is 1. The number of H-pyrrole nitrogens is 1. The van der Waals surface area contributed by atoms with Gasteiger partial charge in [-0.1, -0.05) is 29.8 Å². The van der Waals surface area contributed by atoms with Crippen LogP contribution in [-0.2, 0) is 0 Å². The quantitative estimate of drug-likeness (QED) is 0.547. The summed E-state index contributed by atoms with van der Waals surface area (Å²) < 4.78 is 1.60.